The van der Waals surface area contributed by atoms with Crippen molar-refractivity contribution in [3.05, 3.63) is 23.9 Å². The topological polar surface area (TPSA) is 25.4 Å². The first-order valence-electron chi connectivity index (χ1n) is 6.51. The van der Waals surface area contributed by atoms with Crippen molar-refractivity contribution in [3.8, 4) is 0 Å². The number of hydrogen-bond donors (Lipinski definition) is 0. The molecule has 92 valence electrons. The van der Waals surface area contributed by atoms with Crippen LogP contribution in [0.3, 0.4) is 0 Å². The van der Waals surface area contributed by atoms with E-state index in [9.17, 15) is 0 Å². The zero-order chi connectivity index (χ0) is 11.9. The molecule has 0 aliphatic carbocycles. The van der Waals surface area contributed by atoms with Gasteiger partial charge in [-0.15, -0.1) is 0 Å². The molecule has 3 heteroatoms. The van der Waals surface area contributed by atoms with Crippen LogP contribution in [0.5, 0.6) is 0 Å². The van der Waals surface area contributed by atoms with Crippen LogP contribution in [0, 0.1) is 5.92 Å². The first kappa shape index (κ1) is 11.0. The van der Waals surface area contributed by atoms with Gasteiger partial charge in [0.15, 0.2) is 0 Å². The van der Waals surface area contributed by atoms with Crippen LogP contribution in [-0.4, -0.2) is 30.3 Å². The van der Waals surface area contributed by atoms with Gasteiger partial charge < -0.3 is 9.64 Å². The van der Waals surface area contributed by atoms with Crippen molar-refractivity contribution in [1.29, 1.82) is 0 Å². The van der Waals surface area contributed by atoms with Gasteiger partial charge in [0.05, 0.1) is 18.8 Å². The Morgan fingerprint density at radius 3 is 2.76 bits per heavy atom. The Hall–Kier alpha value is -1.09. The monoisotopic (exact) mass is 232 g/mol. The second kappa shape index (κ2) is 3.98. The first-order chi connectivity index (χ1) is 8.20. The van der Waals surface area contributed by atoms with Crippen molar-refractivity contribution >= 4 is 5.82 Å². The normalized spacial score (nSPS) is 21.5. The van der Waals surface area contributed by atoms with Crippen molar-refractivity contribution in [2.75, 3.05) is 24.7 Å². The van der Waals surface area contributed by atoms with Gasteiger partial charge in [-0.2, -0.15) is 0 Å². The molecular formula is C14H20N2O. The van der Waals surface area contributed by atoms with E-state index in [2.05, 4.69) is 36.9 Å². The molecule has 1 aromatic heterocycles. The molecule has 3 heterocycles. The van der Waals surface area contributed by atoms with Crippen molar-refractivity contribution < 1.29 is 4.74 Å². The van der Waals surface area contributed by atoms with Crippen molar-refractivity contribution in [1.82, 2.24) is 4.98 Å². The van der Waals surface area contributed by atoms with Crippen molar-refractivity contribution in [2.24, 2.45) is 5.92 Å². The van der Waals surface area contributed by atoms with E-state index in [1.165, 1.54) is 12.1 Å². The average Bonchev–Trinajstić information content (AvgIpc) is 2.12. The quantitative estimate of drug-likeness (QED) is 0.799. The Morgan fingerprint density at radius 1 is 1.41 bits per heavy atom. The summed E-state index contributed by atoms with van der Waals surface area (Å²) in [6.07, 6.45) is 2.31. The van der Waals surface area contributed by atoms with E-state index < -0.39 is 0 Å². The highest BCUT2D eigenvalue weighted by molar-refractivity contribution is 5.48. The lowest BCUT2D eigenvalue weighted by Crippen LogP contribution is -2.71. The van der Waals surface area contributed by atoms with E-state index in [1.807, 2.05) is 0 Å². The molecular weight excluding hydrogens is 212 g/mol. The fourth-order valence-electron chi connectivity index (χ4n) is 2.68. The van der Waals surface area contributed by atoms with Gasteiger partial charge in [0.1, 0.15) is 5.82 Å². The SMILES string of the molecule is CC(C)Cc1cccc(N2CCC23COC3)n1. The van der Waals surface area contributed by atoms with E-state index in [0.29, 0.717) is 11.5 Å². The summed E-state index contributed by atoms with van der Waals surface area (Å²) in [6, 6.07) is 6.39. The van der Waals surface area contributed by atoms with E-state index in [4.69, 9.17) is 9.72 Å². The highest BCUT2D eigenvalue weighted by Gasteiger charge is 2.51. The molecule has 0 N–H and O–H groups in total. The fourth-order valence-corrected chi connectivity index (χ4v) is 2.68. The molecule has 0 atom stereocenters. The Balaban J connectivity index is 1.79. The molecule has 3 rings (SSSR count). The molecule has 0 aromatic carbocycles. The summed E-state index contributed by atoms with van der Waals surface area (Å²) in [7, 11) is 0. The predicted molar refractivity (Wildman–Crippen MR) is 68.3 cm³/mol. The lowest BCUT2D eigenvalue weighted by atomic mass is 9.83. The minimum absolute atomic E-state index is 0.295. The maximum absolute atomic E-state index is 5.36. The molecule has 1 spiro atoms. The number of nitrogens with zero attached hydrogens (tertiary/aromatic N) is 2. The molecule has 2 fully saturated rings. The standard InChI is InChI=1S/C14H20N2O/c1-11(2)8-12-4-3-5-13(15-12)16-7-6-14(16)9-17-10-14/h3-5,11H,6-10H2,1-2H3. The van der Waals surface area contributed by atoms with Gasteiger partial charge in [0.2, 0.25) is 0 Å². The maximum atomic E-state index is 5.36. The zero-order valence-electron chi connectivity index (χ0n) is 10.6. The number of pyridine rings is 1. The molecule has 0 saturated carbocycles. The summed E-state index contributed by atoms with van der Waals surface area (Å²) in [5.41, 5.74) is 1.50. The summed E-state index contributed by atoms with van der Waals surface area (Å²) in [6.45, 7) is 7.35. The predicted octanol–water partition coefficient (Wildman–Crippen LogP) is 2.26. The summed E-state index contributed by atoms with van der Waals surface area (Å²) < 4.78 is 5.36. The molecule has 2 aliphatic heterocycles. The van der Waals surface area contributed by atoms with Crippen LogP contribution in [-0.2, 0) is 11.2 Å². The van der Waals surface area contributed by atoms with Gasteiger partial charge in [-0.05, 0) is 30.9 Å². The van der Waals surface area contributed by atoms with Crippen LogP contribution in [0.25, 0.3) is 0 Å². The van der Waals surface area contributed by atoms with Gasteiger partial charge in [0.25, 0.3) is 0 Å². The third kappa shape index (κ3) is 1.82. The first-order valence-corrected chi connectivity index (χ1v) is 6.51. The van der Waals surface area contributed by atoms with Gasteiger partial charge in [-0.25, -0.2) is 4.98 Å². The largest absolute Gasteiger partial charge is 0.376 e. The zero-order valence-corrected chi connectivity index (χ0v) is 10.6. The molecule has 2 saturated heterocycles. The number of aromatic nitrogens is 1. The molecule has 0 unspecified atom stereocenters. The minimum atomic E-state index is 0.295. The Kier molecular flexibility index (Phi) is 2.58. The number of anilines is 1. The summed E-state index contributed by atoms with van der Waals surface area (Å²) in [5, 5.41) is 0. The van der Waals surface area contributed by atoms with Crippen LogP contribution in [0.4, 0.5) is 5.82 Å². The Morgan fingerprint density at radius 2 is 2.24 bits per heavy atom. The Labute approximate surface area is 103 Å². The molecule has 0 amide bonds. The van der Waals surface area contributed by atoms with Crippen molar-refractivity contribution in [3.63, 3.8) is 0 Å². The molecule has 1 aromatic rings. The molecule has 2 aliphatic rings. The third-order valence-electron chi connectivity index (χ3n) is 3.80. The van der Waals surface area contributed by atoms with Crippen LogP contribution in [0.15, 0.2) is 18.2 Å². The van der Waals surface area contributed by atoms with Crippen LogP contribution >= 0.6 is 0 Å². The van der Waals surface area contributed by atoms with Gasteiger partial charge in [-0.1, -0.05) is 19.9 Å². The highest BCUT2D eigenvalue weighted by atomic mass is 16.5. The van der Waals surface area contributed by atoms with Crippen LogP contribution in [0.1, 0.15) is 26.0 Å². The third-order valence-corrected chi connectivity index (χ3v) is 3.80. The lowest BCUT2D eigenvalue weighted by molar-refractivity contribution is -0.0851. The second-order valence-corrected chi connectivity index (χ2v) is 5.70. The van der Waals surface area contributed by atoms with Gasteiger partial charge in [0, 0.05) is 12.2 Å². The number of hydrogen-bond acceptors (Lipinski definition) is 3. The summed E-state index contributed by atoms with van der Waals surface area (Å²) in [4.78, 5) is 7.20. The Bertz CT molecular complexity index is 407. The fraction of sp³-hybridized carbons (Fsp3) is 0.643. The maximum Gasteiger partial charge on any atom is 0.129 e. The highest BCUT2D eigenvalue weighted by Crippen LogP contribution is 2.40. The van der Waals surface area contributed by atoms with Crippen molar-refractivity contribution in [2.45, 2.75) is 32.2 Å². The van der Waals surface area contributed by atoms with Gasteiger partial charge in [-0.3, -0.25) is 0 Å². The lowest BCUT2D eigenvalue weighted by Gasteiger charge is -2.58. The summed E-state index contributed by atoms with van der Waals surface area (Å²) in [5.74, 6) is 1.80. The van der Waals surface area contributed by atoms with E-state index in [0.717, 1.165) is 32.0 Å². The molecule has 0 radical (unpaired) electrons. The smallest absolute Gasteiger partial charge is 0.129 e. The summed E-state index contributed by atoms with van der Waals surface area (Å²) >= 11 is 0. The second-order valence-electron chi connectivity index (χ2n) is 5.70. The molecule has 3 nitrogen and oxygen atoms in total. The van der Waals surface area contributed by atoms with Gasteiger partial charge >= 0.3 is 0 Å². The minimum Gasteiger partial charge on any atom is -0.376 e. The van der Waals surface area contributed by atoms with Crippen LogP contribution in [0.2, 0.25) is 0 Å². The van der Waals surface area contributed by atoms with E-state index in [1.54, 1.807) is 0 Å². The van der Waals surface area contributed by atoms with E-state index in [-0.39, 0.29) is 0 Å². The van der Waals surface area contributed by atoms with Crippen LogP contribution < -0.4 is 4.90 Å². The number of rotatable bonds is 3. The molecule has 0 bridgehead atoms. The number of ether oxygens (including phenoxy) is 1. The molecule has 17 heavy (non-hydrogen) atoms. The van der Waals surface area contributed by atoms with E-state index >= 15 is 0 Å². The average molecular weight is 232 g/mol.